The van der Waals surface area contributed by atoms with Gasteiger partial charge in [0, 0.05) is 34.5 Å². The number of H-pyrrole nitrogens is 1. The second-order valence-electron chi connectivity index (χ2n) is 5.46. The molecule has 1 unspecified atom stereocenters. The molecule has 0 aliphatic rings. The lowest BCUT2D eigenvalue weighted by molar-refractivity contribution is -0.139. The first-order valence-electron chi connectivity index (χ1n) is 7.39. The maximum Gasteiger partial charge on any atom is 0.321 e. The van der Waals surface area contributed by atoms with Crippen molar-refractivity contribution < 1.29 is 9.90 Å². The van der Waals surface area contributed by atoms with Gasteiger partial charge in [-0.25, -0.2) is 0 Å². The third kappa shape index (κ3) is 3.81. The van der Waals surface area contributed by atoms with Gasteiger partial charge in [0.15, 0.2) is 0 Å². The van der Waals surface area contributed by atoms with Crippen LogP contribution >= 0.6 is 15.9 Å². The fourth-order valence-corrected chi connectivity index (χ4v) is 2.87. The fraction of sp³-hybridized carbons (Fsp3) is 0.167. The van der Waals surface area contributed by atoms with Gasteiger partial charge in [-0.05, 0) is 29.3 Å². The summed E-state index contributed by atoms with van der Waals surface area (Å²) < 4.78 is 1.01. The van der Waals surface area contributed by atoms with Gasteiger partial charge < -0.3 is 15.4 Å². The smallest absolute Gasteiger partial charge is 0.321 e. The second-order valence-corrected chi connectivity index (χ2v) is 6.38. The Hall–Kier alpha value is -2.11. The molecule has 1 aromatic heterocycles. The van der Waals surface area contributed by atoms with Gasteiger partial charge in [-0.3, -0.25) is 4.79 Å². The van der Waals surface area contributed by atoms with Crippen molar-refractivity contribution in [2.75, 3.05) is 0 Å². The van der Waals surface area contributed by atoms with Crippen LogP contribution in [-0.4, -0.2) is 22.1 Å². The number of fused-ring (bicyclic) bond motifs is 1. The average molecular weight is 373 g/mol. The van der Waals surface area contributed by atoms with Crippen LogP contribution in [0.3, 0.4) is 0 Å². The number of hydrogen-bond donors (Lipinski definition) is 3. The molecule has 0 aliphatic carbocycles. The van der Waals surface area contributed by atoms with Crippen LogP contribution in [-0.2, 0) is 17.8 Å². The van der Waals surface area contributed by atoms with Crippen LogP contribution < -0.4 is 5.32 Å². The number of carboxylic acid groups (broad SMARTS) is 1. The Balaban J connectivity index is 1.71. The molecule has 0 saturated heterocycles. The van der Waals surface area contributed by atoms with E-state index in [-0.39, 0.29) is 0 Å². The molecule has 3 rings (SSSR count). The first-order valence-corrected chi connectivity index (χ1v) is 8.18. The molecule has 0 radical (unpaired) electrons. The van der Waals surface area contributed by atoms with Gasteiger partial charge in [0.1, 0.15) is 6.04 Å². The fourth-order valence-electron chi connectivity index (χ4n) is 2.61. The molecule has 3 aromatic rings. The molecule has 0 saturated carbocycles. The topological polar surface area (TPSA) is 65.1 Å². The lowest BCUT2D eigenvalue weighted by Gasteiger charge is -2.14. The van der Waals surface area contributed by atoms with E-state index in [9.17, 15) is 9.90 Å². The van der Waals surface area contributed by atoms with Crippen LogP contribution in [0.5, 0.6) is 0 Å². The summed E-state index contributed by atoms with van der Waals surface area (Å²) in [6, 6.07) is 15.1. The Labute approximate surface area is 142 Å². The average Bonchev–Trinajstić information content (AvgIpc) is 2.96. The van der Waals surface area contributed by atoms with Gasteiger partial charge in [0.25, 0.3) is 0 Å². The number of aliphatic carboxylic acids is 1. The zero-order chi connectivity index (χ0) is 16.2. The summed E-state index contributed by atoms with van der Waals surface area (Å²) in [7, 11) is 0. The van der Waals surface area contributed by atoms with Crippen molar-refractivity contribution in [2.24, 2.45) is 0 Å². The van der Waals surface area contributed by atoms with Gasteiger partial charge in [-0.2, -0.15) is 0 Å². The van der Waals surface area contributed by atoms with Gasteiger partial charge >= 0.3 is 5.97 Å². The van der Waals surface area contributed by atoms with Crippen molar-refractivity contribution in [3.63, 3.8) is 0 Å². The van der Waals surface area contributed by atoms with Gasteiger partial charge in [0.05, 0.1) is 0 Å². The van der Waals surface area contributed by atoms with E-state index in [2.05, 4.69) is 26.2 Å². The molecule has 3 N–H and O–H groups in total. The van der Waals surface area contributed by atoms with Crippen molar-refractivity contribution in [1.29, 1.82) is 0 Å². The van der Waals surface area contributed by atoms with E-state index in [0.29, 0.717) is 13.0 Å². The van der Waals surface area contributed by atoms with Crippen molar-refractivity contribution in [2.45, 2.75) is 19.0 Å². The SMILES string of the molecule is O=C(O)C(Cc1c[nH]c2ccccc12)NCc1ccc(Br)cc1. The van der Waals surface area contributed by atoms with E-state index in [0.717, 1.165) is 26.5 Å². The number of nitrogens with one attached hydrogen (secondary N) is 2. The molecule has 1 atom stereocenters. The highest BCUT2D eigenvalue weighted by Crippen LogP contribution is 2.19. The van der Waals surface area contributed by atoms with Crippen LogP contribution in [0.1, 0.15) is 11.1 Å². The van der Waals surface area contributed by atoms with Gasteiger partial charge in [-0.1, -0.05) is 46.3 Å². The normalized spacial score (nSPS) is 12.4. The summed E-state index contributed by atoms with van der Waals surface area (Å²) in [6.07, 6.45) is 2.33. The lowest BCUT2D eigenvalue weighted by atomic mass is 10.0. The molecule has 0 spiro atoms. The van der Waals surface area contributed by atoms with E-state index in [1.54, 1.807) is 0 Å². The highest BCUT2D eigenvalue weighted by molar-refractivity contribution is 9.10. The monoisotopic (exact) mass is 372 g/mol. The van der Waals surface area contributed by atoms with Gasteiger partial charge in [0.2, 0.25) is 0 Å². The van der Waals surface area contributed by atoms with Crippen LogP contribution in [0.2, 0.25) is 0 Å². The summed E-state index contributed by atoms with van der Waals surface area (Å²) in [6.45, 7) is 0.520. The summed E-state index contributed by atoms with van der Waals surface area (Å²) >= 11 is 3.39. The number of carboxylic acids is 1. The molecule has 4 nitrogen and oxygen atoms in total. The van der Waals surface area contributed by atoms with E-state index >= 15 is 0 Å². The van der Waals surface area contributed by atoms with Crippen molar-refractivity contribution in [3.05, 3.63) is 70.3 Å². The lowest BCUT2D eigenvalue weighted by Crippen LogP contribution is -2.38. The molecule has 5 heteroatoms. The molecule has 0 fully saturated rings. The Morgan fingerprint density at radius 2 is 1.91 bits per heavy atom. The molecule has 1 heterocycles. The van der Waals surface area contributed by atoms with Crippen molar-refractivity contribution in [3.8, 4) is 0 Å². The summed E-state index contributed by atoms with van der Waals surface area (Å²) in [5.74, 6) is -0.840. The van der Waals surface area contributed by atoms with E-state index in [1.807, 2.05) is 54.7 Å². The predicted molar refractivity (Wildman–Crippen MR) is 94.4 cm³/mol. The Kier molecular flexibility index (Phi) is 4.79. The summed E-state index contributed by atoms with van der Waals surface area (Å²) in [4.78, 5) is 14.7. The second kappa shape index (κ2) is 6.98. The maximum absolute atomic E-state index is 11.6. The standard InChI is InChI=1S/C18H17BrN2O2/c19-14-7-5-12(6-8-14)10-20-17(18(22)23)9-13-11-21-16-4-2-1-3-15(13)16/h1-8,11,17,20-21H,9-10H2,(H,22,23). The van der Waals surface area contributed by atoms with E-state index < -0.39 is 12.0 Å². The van der Waals surface area contributed by atoms with Gasteiger partial charge in [-0.15, -0.1) is 0 Å². The maximum atomic E-state index is 11.6. The Bertz CT molecular complexity index is 811. The number of hydrogen-bond acceptors (Lipinski definition) is 2. The minimum Gasteiger partial charge on any atom is -0.480 e. The number of halogens is 1. The molecular formula is C18H17BrN2O2. The zero-order valence-electron chi connectivity index (χ0n) is 12.4. The number of aromatic amines is 1. The Morgan fingerprint density at radius 1 is 1.17 bits per heavy atom. The minimum atomic E-state index is -0.840. The molecule has 23 heavy (non-hydrogen) atoms. The third-order valence-corrected chi connectivity index (χ3v) is 4.39. The first-order chi connectivity index (χ1) is 11.1. The summed E-state index contributed by atoms with van der Waals surface area (Å²) in [5.41, 5.74) is 3.09. The van der Waals surface area contributed by atoms with Crippen molar-refractivity contribution >= 4 is 32.8 Å². The third-order valence-electron chi connectivity index (χ3n) is 3.86. The zero-order valence-corrected chi connectivity index (χ0v) is 14.0. The highest BCUT2D eigenvalue weighted by Gasteiger charge is 2.19. The van der Waals surface area contributed by atoms with Crippen molar-refractivity contribution in [1.82, 2.24) is 10.3 Å². The highest BCUT2D eigenvalue weighted by atomic mass is 79.9. The number of para-hydroxylation sites is 1. The van der Waals surface area contributed by atoms with Crippen LogP contribution in [0.25, 0.3) is 10.9 Å². The molecule has 0 bridgehead atoms. The number of carbonyl (C=O) groups is 1. The first kappa shape index (κ1) is 15.8. The van der Waals surface area contributed by atoms with E-state index in [4.69, 9.17) is 0 Å². The number of benzene rings is 2. The van der Waals surface area contributed by atoms with Crippen LogP contribution in [0, 0.1) is 0 Å². The molecular weight excluding hydrogens is 356 g/mol. The molecule has 0 aliphatic heterocycles. The number of rotatable bonds is 6. The van der Waals surface area contributed by atoms with Crippen LogP contribution in [0.15, 0.2) is 59.2 Å². The molecule has 118 valence electrons. The molecule has 2 aromatic carbocycles. The molecule has 0 amide bonds. The van der Waals surface area contributed by atoms with E-state index in [1.165, 1.54) is 0 Å². The largest absolute Gasteiger partial charge is 0.480 e. The number of aromatic nitrogens is 1. The summed E-state index contributed by atoms with van der Waals surface area (Å²) in [5, 5.41) is 13.7. The quantitative estimate of drug-likeness (QED) is 0.617. The van der Waals surface area contributed by atoms with Crippen LogP contribution in [0.4, 0.5) is 0 Å². The Morgan fingerprint density at radius 3 is 2.65 bits per heavy atom. The minimum absolute atomic E-state index is 0.440. The predicted octanol–water partition coefficient (Wildman–Crippen LogP) is 3.72.